The fourth-order valence-corrected chi connectivity index (χ4v) is 4.80. The normalized spacial score (nSPS) is 15.3. The molecule has 1 amide bonds. The zero-order valence-electron chi connectivity index (χ0n) is 20.1. The van der Waals surface area contributed by atoms with E-state index < -0.39 is 0 Å². The molecule has 1 aliphatic heterocycles. The summed E-state index contributed by atoms with van der Waals surface area (Å²) in [6, 6.07) is 15.8. The zero-order valence-corrected chi connectivity index (χ0v) is 20.1. The fourth-order valence-electron chi connectivity index (χ4n) is 4.80. The Morgan fingerprint density at radius 3 is 2.40 bits per heavy atom. The van der Waals surface area contributed by atoms with E-state index in [2.05, 4.69) is 9.97 Å². The number of ether oxygens (including phenoxy) is 1. The van der Waals surface area contributed by atoms with Crippen molar-refractivity contribution in [3.8, 4) is 11.7 Å². The van der Waals surface area contributed by atoms with E-state index in [4.69, 9.17) is 9.84 Å². The van der Waals surface area contributed by atoms with E-state index in [1.165, 1.54) is 12.1 Å². The molecule has 1 aliphatic rings. The van der Waals surface area contributed by atoms with Crippen LogP contribution in [-0.2, 0) is 11.3 Å². The Hall–Kier alpha value is -4.07. The Labute approximate surface area is 203 Å². The molecule has 0 fully saturated rings. The van der Waals surface area contributed by atoms with Gasteiger partial charge in [-0.25, -0.2) is 14.4 Å². The average Bonchev–Trinajstić information content (AvgIpc) is 3.18. The van der Waals surface area contributed by atoms with Crippen LogP contribution >= 0.6 is 0 Å². The van der Waals surface area contributed by atoms with E-state index in [9.17, 15) is 9.18 Å². The Morgan fingerprint density at radius 2 is 1.71 bits per heavy atom. The molecule has 0 radical (unpaired) electrons. The molecule has 5 rings (SSSR count). The molecule has 178 valence electrons. The van der Waals surface area contributed by atoms with Crippen molar-refractivity contribution in [2.24, 2.45) is 0 Å². The molecule has 3 heterocycles. The van der Waals surface area contributed by atoms with Crippen molar-refractivity contribution >= 4 is 11.7 Å². The standard InChI is InChI=1S/C27H26FN5O2/c1-16-13-17(2)30-27(29-16)33-26-25(18(3)31-33)22(21-7-5-6-8-23(21)35-4)14-24(34)32(26)15-19-9-11-20(28)12-10-19/h5-13,22H,14-15H2,1-4H3/t22-/m1/s1. The maximum Gasteiger partial charge on any atom is 0.252 e. The number of methoxy groups -OCH3 is 1. The maximum absolute atomic E-state index is 13.7. The predicted octanol–water partition coefficient (Wildman–Crippen LogP) is 4.80. The summed E-state index contributed by atoms with van der Waals surface area (Å²) in [5, 5.41) is 4.81. The van der Waals surface area contributed by atoms with Crippen molar-refractivity contribution in [1.29, 1.82) is 0 Å². The van der Waals surface area contributed by atoms with Gasteiger partial charge >= 0.3 is 0 Å². The van der Waals surface area contributed by atoms with E-state index in [1.807, 2.05) is 51.1 Å². The molecule has 2 aromatic carbocycles. The summed E-state index contributed by atoms with van der Waals surface area (Å²) in [6.07, 6.45) is 0.259. The van der Waals surface area contributed by atoms with Gasteiger partial charge < -0.3 is 4.74 Å². The average molecular weight is 472 g/mol. The lowest BCUT2D eigenvalue weighted by atomic mass is 9.84. The van der Waals surface area contributed by atoms with E-state index in [0.717, 1.165) is 39.5 Å². The molecule has 4 aromatic rings. The third kappa shape index (κ3) is 4.16. The van der Waals surface area contributed by atoms with Crippen LogP contribution in [0.2, 0.25) is 0 Å². The number of para-hydroxylation sites is 1. The van der Waals surface area contributed by atoms with Gasteiger partial charge in [-0.1, -0.05) is 30.3 Å². The molecular formula is C27H26FN5O2. The van der Waals surface area contributed by atoms with Gasteiger partial charge in [0, 0.05) is 34.9 Å². The van der Waals surface area contributed by atoms with Gasteiger partial charge in [-0.3, -0.25) is 9.69 Å². The van der Waals surface area contributed by atoms with Crippen LogP contribution in [0.15, 0.2) is 54.6 Å². The number of aromatic nitrogens is 4. The van der Waals surface area contributed by atoms with Gasteiger partial charge in [0.25, 0.3) is 5.95 Å². The van der Waals surface area contributed by atoms with Crippen LogP contribution < -0.4 is 9.64 Å². The van der Waals surface area contributed by atoms with Gasteiger partial charge in [-0.05, 0) is 50.6 Å². The van der Waals surface area contributed by atoms with Gasteiger partial charge in [0.1, 0.15) is 17.4 Å². The van der Waals surface area contributed by atoms with Crippen LogP contribution in [-0.4, -0.2) is 32.8 Å². The highest BCUT2D eigenvalue weighted by Gasteiger charge is 2.39. The lowest BCUT2D eigenvalue weighted by Crippen LogP contribution is -2.38. The van der Waals surface area contributed by atoms with Crippen molar-refractivity contribution in [1.82, 2.24) is 19.7 Å². The van der Waals surface area contributed by atoms with Gasteiger partial charge in [0.05, 0.1) is 19.3 Å². The van der Waals surface area contributed by atoms with Crippen LogP contribution in [0, 0.1) is 26.6 Å². The number of benzene rings is 2. The second kappa shape index (κ2) is 8.94. The molecule has 1 atom stereocenters. The summed E-state index contributed by atoms with van der Waals surface area (Å²) in [6.45, 7) is 6.02. The number of amides is 1. The number of hydrogen-bond donors (Lipinski definition) is 0. The fraction of sp³-hybridized carbons (Fsp3) is 0.259. The van der Waals surface area contributed by atoms with Crippen molar-refractivity contribution in [2.45, 2.75) is 39.7 Å². The number of aryl methyl sites for hydroxylation is 3. The first kappa shape index (κ1) is 22.7. The molecule has 0 unspecified atom stereocenters. The second-order valence-corrected chi connectivity index (χ2v) is 8.79. The van der Waals surface area contributed by atoms with Crippen LogP contribution in [0.4, 0.5) is 10.2 Å². The SMILES string of the molecule is COc1ccccc1[C@H]1CC(=O)N(Cc2ccc(F)cc2)c2c1c(C)nn2-c1nc(C)cc(C)n1. The van der Waals surface area contributed by atoms with Gasteiger partial charge in [0.15, 0.2) is 0 Å². The Bertz CT molecular complexity index is 1390. The summed E-state index contributed by atoms with van der Waals surface area (Å²) < 4.78 is 20.8. The molecule has 0 saturated heterocycles. The summed E-state index contributed by atoms with van der Waals surface area (Å²) >= 11 is 0. The second-order valence-electron chi connectivity index (χ2n) is 8.79. The zero-order chi connectivity index (χ0) is 24.7. The van der Waals surface area contributed by atoms with Crippen molar-refractivity contribution in [3.05, 3.63) is 94.2 Å². The lowest BCUT2D eigenvalue weighted by molar-refractivity contribution is -0.119. The highest BCUT2D eigenvalue weighted by molar-refractivity contribution is 5.97. The summed E-state index contributed by atoms with van der Waals surface area (Å²) in [5.41, 5.74) is 5.07. The quantitative estimate of drug-likeness (QED) is 0.418. The Kier molecular flexibility index (Phi) is 5.80. The molecule has 0 aliphatic carbocycles. The molecule has 0 N–H and O–H groups in total. The number of hydrogen-bond acceptors (Lipinski definition) is 5. The number of rotatable bonds is 5. The number of nitrogens with zero attached hydrogens (tertiary/aromatic N) is 5. The van der Waals surface area contributed by atoms with Crippen molar-refractivity contribution < 1.29 is 13.9 Å². The largest absolute Gasteiger partial charge is 0.496 e. The van der Waals surface area contributed by atoms with Crippen LogP contribution in [0.25, 0.3) is 5.95 Å². The highest BCUT2D eigenvalue weighted by Crippen LogP contribution is 2.45. The molecule has 35 heavy (non-hydrogen) atoms. The number of carbonyl (C=O) groups is 1. The monoisotopic (exact) mass is 471 g/mol. The predicted molar refractivity (Wildman–Crippen MR) is 130 cm³/mol. The van der Waals surface area contributed by atoms with E-state index in [-0.39, 0.29) is 30.6 Å². The first-order valence-corrected chi connectivity index (χ1v) is 11.5. The Morgan fingerprint density at radius 1 is 1.03 bits per heavy atom. The minimum Gasteiger partial charge on any atom is -0.496 e. The molecule has 2 aromatic heterocycles. The number of fused-ring (bicyclic) bond motifs is 1. The molecule has 0 saturated carbocycles. The number of carbonyl (C=O) groups excluding carboxylic acids is 1. The summed E-state index contributed by atoms with van der Waals surface area (Å²) in [5.74, 6) is 1.13. The minimum absolute atomic E-state index is 0.0664. The summed E-state index contributed by atoms with van der Waals surface area (Å²) in [7, 11) is 1.63. The molecular weight excluding hydrogens is 445 g/mol. The molecule has 0 bridgehead atoms. The highest BCUT2D eigenvalue weighted by atomic mass is 19.1. The van der Waals surface area contributed by atoms with Gasteiger partial charge in [0.2, 0.25) is 5.91 Å². The topological polar surface area (TPSA) is 73.1 Å². The summed E-state index contributed by atoms with van der Waals surface area (Å²) in [4.78, 5) is 24.6. The first-order chi connectivity index (χ1) is 16.9. The van der Waals surface area contributed by atoms with Gasteiger partial charge in [-0.15, -0.1) is 0 Å². The molecule has 0 spiro atoms. The smallest absolute Gasteiger partial charge is 0.252 e. The van der Waals surface area contributed by atoms with Crippen molar-refractivity contribution in [2.75, 3.05) is 12.0 Å². The van der Waals surface area contributed by atoms with E-state index in [0.29, 0.717) is 11.8 Å². The van der Waals surface area contributed by atoms with E-state index in [1.54, 1.807) is 28.8 Å². The maximum atomic E-state index is 13.7. The van der Waals surface area contributed by atoms with Crippen LogP contribution in [0.5, 0.6) is 5.75 Å². The number of halogens is 1. The van der Waals surface area contributed by atoms with Crippen molar-refractivity contribution in [3.63, 3.8) is 0 Å². The number of anilines is 1. The molecule has 7 nitrogen and oxygen atoms in total. The molecule has 8 heteroatoms. The third-order valence-electron chi connectivity index (χ3n) is 6.29. The lowest BCUT2D eigenvalue weighted by Gasteiger charge is -2.33. The van der Waals surface area contributed by atoms with E-state index >= 15 is 0 Å². The van der Waals surface area contributed by atoms with Gasteiger partial charge in [-0.2, -0.15) is 9.78 Å². The van der Waals surface area contributed by atoms with Crippen LogP contribution in [0.3, 0.4) is 0 Å². The Balaban J connectivity index is 1.72. The first-order valence-electron chi connectivity index (χ1n) is 11.5. The third-order valence-corrected chi connectivity index (χ3v) is 6.29. The minimum atomic E-state index is -0.319. The van der Waals surface area contributed by atoms with Crippen LogP contribution in [0.1, 0.15) is 46.1 Å².